The molecule has 1 amide bonds. The van der Waals surface area contributed by atoms with E-state index in [0.717, 1.165) is 9.87 Å². The van der Waals surface area contributed by atoms with Gasteiger partial charge in [-0.25, -0.2) is 13.8 Å². The maximum absolute atomic E-state index is 13.6. The summed E-state index contributed by atoms with van der Waals surface area (Å²) in [5.41, 5.74) is 3.91. The molecule has 0 aliphatic carbocycles. The van der Waals surface area contributed by atoms with Gasteiger partial charge in [0.25, 0.3) is 15.9 Å². The smallest absolute Gasteiger partial charge is 0.264 e. The first kappa shape index (κ1) is 25.6. The molecular weight excluding hydrogens is 470 g/mol. The highest BCUT2D eigenvalue weighted by molar-refractivity contribution is 7.92. The van der Waals surface area contributed by atoms with E-state index in [1.165, 1.54) is 32.4 Å². The molecule has 10 heteroatoms. The zero-order valence-corrected chi connectivity index (χ0v) is 20.7. The number of anilines is 1. The summed E-state index contributed by atoms with van der Waals surface area (Å²) >= 11 is 0. The van der Waals surface area contributed by atoms with Crippen LogP contribution in [0, 0.1) is 0 Å². The molecule has 0 aliphatic rings. The van der Waals surface area contributed by atoms with Gasteiger partial charge < -0.3 is 14.2 Å². The first-order chi connectivity index (χ1) is 16.8. The van der Waals surface area contributed by atoms with Gasteiger partial charge in [-0.2, -0.15) is 5.10 Å². The van der Waals surface area contributed by atoms with Crippen molar-refractivity contribution in [1.29, 1.82) is 0 Å². The van der Waals surface area contributed by atoms with Gasteiger partial charge in [-0.3, -0.25) is 9.10 Å². The number of hydrogen-bond donors (Lipinski definition) is 1. The Hall–Kier alpha value is -4.05. The second-order valence-electron chi connectivity index (χ2n) is 7.32. The van der Waals surface area contributed by atoms with E-state index in [2.05, 4.69) is 10.5 Å². The lowest BCUT2D eigenvalue weighted by atomic mass is 10.1. The van der Waals surface area contributed by atoms with Crippen LogP contribution in [0.15, 0.2) is 82.8 Å². The van der Waals surface area contributed by atoms with E-state index in [0.29, 0.717) is 17.2 Å². The van der Waals surface area contributed by atoms with Crippen molar-refractivity contribution in [2.24, 2.45) is 5.10 Å². The summed E-state index contributed by atoms with van der Waals surface area (Å²) in [5, 5.41) is 4.13. The van der Waals surface area contributed by atoms with Crippen LogP contribution in [0.4, 0.5) is 5.69 Å². The molecule has 0 saturated heterocycles. The summed E-state index contributed by atoms with van der Waals surface area (Å²) in [5.74, 6) is 0.723. The number of methoxy groups -OCH3 is 3. The Morgan fingerprint density at radius 3 is 2.11 bits per heavy atom. The van der Waals surface area contributed by atoms with Crippen molar-refractivity contribution in [3.8, 4) is 17.2 Å². The number of rotatable bonds is 10. The molecule has 0 aliphatic heterocycles. The molecule has 0 aromatic heterocycles. The highest BCUT2D eigenvalue weighted by Crippen LogP contribution is 2.35. The van der Waals surface area contributed by atoms with Gasteiger partial charge in [-0.15, -0.1) is 0 Å². The van der Waals surface area contributed by atoms with Gasteiger partial charge in [0.05, 0.1) is 37.6 Å². The van der Waals surface area contributed by atoms with E-state index >= 15 is 0 Å². The molecule has 0 radical (unpaired) electrons. The normalized spacial score (nSPS) is 11.5. The molecule has 3 rings (SSSR count). The number of sulfonamides is 1. The summed E-state index contributed by atoms with van der Waals surface area (Å²) in [4.78, 5) is 12.9. The number of hydrogen-bond acceptors (Lipinski definition) is 7. The minimum Gasteiger partial charge on any atom is -0.497 e. The SMILES string of the molecule is COc1ccc(/C(C)=N\NC(=O)CN(c2cc(OC)ccc2OC)S(=O)(=O)c2ccccc2)cc1. The van der Waals surface area contributed by atoms with Gasteiger partial charge in [-0.1, -0.05) is 18.2 Å². The minimum atomic E-state index is -4.13. The van der Waals surface area contributed by atoms with E-state index < -0.39 is 22.5 Å². The van der Waals surface area contributed by atoms with Crippen molar-refractivity contribution in [1.82, 2.24) is 5.43 Å². The van der Waals surface area contributed by atoms with Crippen molar-refractivity contribution in [3.63, 3.8) is 0 Å². The van der Waals surface area contributed by atoms with Gasteiger partial charge in [0.1, 0.15) is 23.8 Å². The molecule has 0 saturated carbocycles. The Bertz CT molecular complexity index is 1290. The van der Waals surface area contributed by atoms with Crippen molar-refractivity contribution in [3.05, 3.63) is 78.4 Å². The zero-order chi connectivity index (χ0) is 25.4. The summed E-state index contributed by atoms with van der Waals surface area (Å²) in [6.07, 6.45) is 0. The second kappa shape index (κ2) is 11.4. The van der Waals surface area contributed by atoms with Gasteiger partial charge in [-0.05, 0) is 61.0 Å². The van der Waals surface area contributed by atoms with Crippen LogP contribution in [0.5, 0.6) is 17.2 Å². The van der Waals surface area contributed by atoms with Crippen molar-refractivity contribution in [2.75, 3.05) is 32.2 Å². The fourth-order valence-electron chi connectivity index (χ4n) is 3.22. The van der Waals surface area contributed by atoms with Crippen molar-refractivity contribution < 1.29 is 27.4 Å². The predicted octanol–water partition coefficient (Wildman–Crippen LogP) is 3.45. The van der Waals surface area contributed by atoms with Crippen LogP contribution in [0.25, 0.3) is 0 Å². The third kappa shape index (κ3) is 6.10. The molecule has 3 aromatic carbocycles. The maximum Gasteiger partial charge on any atom is 0.264 e. The Balaban J connectivity index is 1.93. The molecular formula is C25H27N3O6S. The quantitative estimate of drug-likeness (QED) is 0.340. The number of hydrazone groups is 1. The number of carbonyl (C=O) groups is 1. The first-order valence-corrected chi connectivity index (χ1v) is 12.0. The van der Waals surface area contributed by atoms with E-state index in [1.54, 1.807) is 68.6 Å². The number of ether oxygens (including phenoxy) is 3. The monoisotopic (exact) mass is 497 g/mol. The van der Waals surface area contributed by atoms with Crippen LogP contribution in [-0.2, 0) is 14.8 Å². The molecule has 0 heterocycles. The van der Waals surface area contributed by atoms with Crippen molar-refractivity contribution >= 4 is 27.3 Å². The number of nitrogens with zero attached hydrogens (tertiary/aromatic N) is 2. The average Bonchev–Trinajstić information content (AvgIpc) is 2.90. The van der Waals surface area contributed by atoms with Crippen LogP contribution < -0.4 is 23.9 Å². The lowest BCUT2D eigenvalue weighted by molar-refractivity contribution is -0.119. The minimum absolute atomic E-state index is 0.0237. The second-order valence-corrected chi connectivity index (χ2v) is 9.19. The van der Waals surface area contributed by atoms with Crippen LogP contribution >= 0.6 is 0 Å². The van der Waals surface area contributed by atoms with Gasteiger partial charge in [0.15, 0.2) is 0 Å². The Morgan fingerprint density at radius 1 is 0.886 bits per heavy atom. The molecule has 3 aromatic rings. The fourth-order valence-corrected chi connectivity index (χ4v) is 4.66. The fraction of sp³-hybridized carbons (Fsp3) is 0.200. The molecule has 35 heavy (non-hydrogen) atoms. The van der Waals surface area contributed by atoms with Gasteiger partial charge >= 0.3 is 0 Å². The maximum atomic E-state index is 13.6. The lowest BCUT2D eigenvalue weighted by Crippen LogP contribution is -2.40. The van der Waals surface area contributed by atoms with Crippen LogP contribution in [-0.4, -0.2) is 47.9 Å². The third-order valence-corrected chi connectivity index (χ3v) is 6.90. The van der Waals surface area contributed by atoms with Crippen LogP contribution in [0.2, 0.25) is 0 Å². The van der Waals surface area contributed by atoms with Crippen LogP contribution in [0.3, 0.4) is 0 Å². The Morgan fingerprint density at radius 2 is 1.51 bits per heavy atom. The Labute approximate surface area is 205 Å². The summed E-state index contributed by atoms with van der Waals surface area (Å²) in [7, 11) is 0.323. The molecule has 184 valence electrons. The molecule has 1 N–H and O–H groups in total. The van der Waals surface area contributed by atoms with E-state index in [9.17, 15) is 13.2 Å². The summed E-state index contributed by atoms with van der Waals surface area (Å²) < 4.78 is 43.9. The average molecular weight is 498 g/mol. The number of nitrogens with one attached hydrogen (secondary N) is 1. The Kier molecular flexibility index (Phi) is 8.32. The van der Waals surface area contributed by atoms with Crippen molar-refractivity contribution in [2.45, 2.75) is 11.8 Å². The van der Waals surface area contributed by atoms with Gasteiger partial charge in [0, 0.05) is 6.07 Å². The summed E-state index contributed by atoms with van der Waals surface area (Å²) in [6, 6.07) is 19.7. The summed E-state index contributed by atoms with van der Waals surface area (Å²) in [6.45, 7) is 1.19. The van der Waals surface area contributed by atoms with E-state index in [-0.39, 0.29) is 16.3 Å². The standard InChI is InChI=1S/C25H27N3O6S/c1-18(19-10-12-20(32-2)13-11-19)26-27-25(29)17-28(35(30,31)22-8-6-5-7-9-22)23-16-21(33-3)14-15-24(23)34-4/h5-16H,17H2,1-4H3,(H,27,29)/b26-18-. The molecule has 0 unspecified atom stereocenters. The van der Waals surface area contributed by atoms with E-state index in [1.807, 2.05) is 0 Å². The van der Waals surface area contributed by atoms with Crippen LogP contribution in [0.1, 0.15) is 12.5 Å². The molecule has 0 atom stereocenters. The predicted molar refractivity (Wildman–Crippen MR) is 134 cm³/mol. The lowest BCUT2D eigenvalue weighted by Gasteiger charge is -2.25. The molecule has 0 bridgehead atoms. The van der Waals surface area contributed by atoms with E-state index in [4.69, 9.17) is 14.2 Å². The largest absolute Gasteiger partial charge is 0.497 e. The van der Waals surface area contributed by atoms with Gasteiger partial charge in [0.2, 0.25) is 0 Å². The number of benzene rings is 3. The highest BCUT2D eigenvalue weighted by Gasteiger charge is 2.30. The first-order valence-electron chi connectivity index (χ1n) is 10.6. The molecule has 0 spiro atoms. The number of carbonyl (C=O) groups excluding carboxylic acids is 1. The number of amides is 1. The third-order valence-electron chi connectivity index (χ3n) is 5.13. The zero-order valence-electron chi connectivity index (χ0n) is 19.9. The molecule has 0 fully saturated rings. The topological polar surface area (TPSA) is 107 Å². The highest BCUT2D eigenvalue weighted by atomic mass is 32.2. The molecule has 9 nitrogen and oxygen atoms in total.